The second-order valence-electron chi connectivity index (χ2n) is 26.7. The SMILES string of the molecule is Cc1cc(-c2ccc3ncc(S(=O)(=O)NC4CCOC4)n3c2)cn(C)c1=O.Cc1nc2ccc(-c3cc(C)c(=O)n(C)c3)cn2c1Cc1ccccn1.Cc1nc2ccc(-c3cc(C)c(=O)n(C)c3)cn2c1Cc1cccnc1.Cc1nc2ccc(-c3cc(C)c(=O)n(C)c3)cn2c1Cc1ccncc1. The van der Waals surface area contributed by atoms with Crippen molar-refractivity contribution in [3.8, 4) is 44.5 Å². The maximum atomic E-state index is 12.8. The predicted molar refractivity (Wildman–Crippen MR) is 407 cm³/mol. The van der Waals surface area contributed by atoms with Crippen molar-refractivity contribution >= 4 is 32.6 Å². The first-order valence-corrected chi connectivity index (χ1v) is 35.8. The number of rotatable bonds is 13. The second-order valence-corrected chi connectivity index (χ2v) is 28.3. The van der Waals surface area contributed by atoms with Crippen LogP contribution < -0.4 is 27.0 Å². The van der Waals surface area contributed by atoms with E-state index in [9.17, 15) is 27.6 Å². The molecule has 1 saturated heterocycles. The van der Waals surface area contributed by atoms with Gasteiger partial charge in [-0.3, -0.25) is 38.5 Å². The molecule has 16 heterocycles. The lowest BCUT2D eigenvalue weighted by molar-refractivity contribution is 0.192. The minimum Gasteiger partial charge on any atom is -0.380 e. The van der Waals surface area contributed by atoms with Crippen molar-refractivity contribution in [2.45, 2.75) is 85.2 Å². The molecule has 0 amide bonds. The van der Waals surface area contributed by atoms with E-state index in [1.807, 2.05) is 170 Å². The minimum absolute atomic E-state index is 0.0316. The molecule has 15 aromatic heterocycles. The Hall–Kier alpha value is -12.1. The lowest BCUT2D eigenvalue weighted by Gasteiger charge is -2.12. The van der Waals surface area contributed by atoms with Crippen LogP contribution in [0.2, 0.25) is 0 Å². The van der Waals surface area contributed by atoms with Gasteiger partial charge in [0.1, 0.15) is 22.6 Å². The van der Waals surface area contributed by atoms with Crippen LogP contribution in [0.3, 0.4) is 0 Å². The molecule has 0 aliphatic carbocycles. The van der Waals surface area contributed by atoms with Gasteiger partial charge in [0, 0.05) is 180 Å². The van der Waals surface area contributed by atoms with Gasteiger partial charge in [-0.15, -0.1) is 0 Å². The van der Waals surface area contributed by atoms with Gasteiger partial charge in [0.05, 0.1) is 35.6 Å². The molecule has 1 aliphatic heterocycles. The monoisotopic (exact) mass is 1420 g/mol. The largest absolute Gasteiger partial charge is 0.380 e. The zero-order valence-corrected chi connectivity index (χ0v) is 61.2. The number of aromatic nitrogens is 15. The van der Waals surface area contributed by atoms with E-state index < -0.39 is 10.0 Å². The average Bonchev–Trinajstić information content (AvgIpc) is 1.70. The van der Waals surface area contributed by atoms with Crippen LogP contribution in [0.5, 0.6) is 0 Å². The first kappa shape index (κ1) is 71.3. The summed E-state index contributed by atoms with van der Waals surface area (Å²) in [4.78, 5) is 78.8. The van der Waals surface area contributed by atoms with Gasteiger partial charge in [0.2, 0.25) is 0 Å². The van der Waals surface area contributed by atoms with E-state index in [4.69, 9.17) is 4.74 Å². The Morgan fingerprint density at radius 2 is 0.848 bits per heavy atom. The quantitative estimate of drug-likeness (QED) is 0.113. The molecule has 23 nitrogen and oxygen atoms in total. The topological polar surface area (TPSA) is 251 Å². The molecule has 24 heteroatoms. The molecule has 105 heavy (non-hydrogen) atoms. The number of fused-ring (bicyclic) bond motifs is 4. The molecule has 0 aromatic carbocycles. The third-order valence-electron chi connectivity index (χ3n) is 18.8. The molecule has 15 aromatic rings. The van der Waals surface area contributed by atoms with Gasteiger partial charge in [-0.05, 0) is 214 Å². The average molecular weight is 1420 g/mol. The summed E-state index contributed by atoms with van der Waals surface area (Å²) < 4.78 is 47.9. The molecule has 0 bridgehead atoms. The van der Waals surface area contributed by atoms with Gasteiger partial charge in [-0.25, -0.2) is 33.1 Å². The lowest BCUT2D eigenvalue weighted by Crippen LogP contribution is -2.35. The summed E-state index contributed by atoms with van der Waals surface area (Å²) >= 11 is 0. The molecular formula is C81H80N16O7S. The molecule has 16 rings (SSSR count). The summed E-state index contributed by atoms with van der Waals surface area (Å²) in [6.07, 6.45) is 28.8. The van der Waals surface area contributed by atoms with Crippen molar-refractivity contribution < 1.29 is 13.2 Å². The fourth-order valence-electron chi connectivity index (χ4n) is 13.2. The molecule has 1 unspecified atom stereocenters. The third-order valence-corrected chi connectivity index (χ3v) is 20.3. The Bertz CT molecular complexity index is 5590. The van der Waals surface area contributed by atoms with Crippen LogP contribution in [0.25, 0.3) is 67.1 Å². The number of aryl methyl sites for hydroxylation is 11. The van der Waals surface area contributed by atoms with Crippen LogP contribution >= 0.6 is 0 Å². The number of hydrogen-bond donors (Lipinski definition) is 1. The van der Waals surface area contributed by atoms with E-state index in [-0.39, 0.29) is 33.3 Å². The number of nitrogens with zero attached hydrogens (tertiary/aromatic N) is 15. The van der Waals surface area contributed by atoms with Crippen LogP contribution in [-0.2, 0) is 62.2 Å². The Morgan fingerprint density at radius 3 is 1.25 bits per heavy atom. The standard InChI is InChI=1S/3C21H20N4O.C18H20N4O4S/c1-14-10-18(12-24(3)21(14)26)17-4-5-20-23-15(2)19(25(20)13-17)11-16-6-8-22-9-7-16;1-14-9-18(12-24(3)21(14)26)17-6-7-20-23-15(2)19(25(20)13-17)10-16-5-4-8-22-11-16;1-14-10-17(12-24(3)21(14)26)16-7-8-20-23-15(2)19(25(20)13-16)11-18-6-4-5-9-22-18;1-12-7-14(9-21(2)18(12)23)13-3-4-16-19-8-17(22(16)10-13)27(24,25)20-15-5-6-26-11-15/h4-10,12-13H,11H2,1-3H3;4-9,11-13H,10H2,1-3H3;4-10,12-13H,11H2,1-3H3;3-4,7-10,15,20H,5-6,11H2,1-2H3. The molecule has 1 N–H and O–H groups in total. The molecule has 1 aliphatic rings. The summed E-state index contributed by atoms with van der Waals surface area (Å²) in [5.74, 6) is 0. The Balaban J connectivity index is 0.000000124. The highest BCUT2D eigenvalue weighted by molar-refractivity contribution is 7.89. The smallest absolute Gasteiger partial charge is 0.258 e. The fourth-order valence-corrected chi connectivity index (χ4v) is 14.6. The first-order chi connectivity index (χ1) is 50.4. The number of imidazole rings is 4. The van der Waals surface area contributed by atoms with Crippen molar-refractivity contribution in [3.05, 3.63) is 317 Å². The predicted octanol–water partition coefficient (Wildman–Crippen LogP) is 11.0. The number of pyridine rings is 11. The van der Waals surface area contributed by atoms with Crippen molar-refractivity contribution in [2.75, 3.05) is 13.2 Å². The maximum absolute atomic E-state index is 12.8. The summed E-state index contributed by atoms with van der Waals surface area (Å²) in [7, 11) is 3.31. The highest BCUT2D eigenvalue weighted by atomic mass is 32.2. The van der Waals surface area contributed by atoms with Gasteiger partial charge in [-0.2, -0.15) is 0 Å². The van der Waals surface area contributed by atoms with Crippen LogP contribution in [0.1, 0.15) is 79.7 Å². The van der Waals surface area contributed by atoms with Gasteiger partial charge < -0.3 is 36.2 Å². The van der Waals surface area contributed by atoms with Crippen molar-refractivity contribution in [3.63, 3.8) is 0 Å². The molecular weight excluding hydrogens is 1340 g/mol. The van der Waals surface area contributed by atoms with E-state index in [1.165, 1.54) is 16.3 Å². The van der Waals surface area contributed by atoms with Crippen LogP contribution in [0, 0.1) is 48.5 Å². The van der Waals surface area contributed by atoms with E-state index in [2.05, 4.69) is 89.6 Å². The zero-order valence-electron chi connectivity index (χ0n) is 60.3. The number of sulfonamides is 1. The molecule has 0 saturated carbocycles. The Morgan fingerprint density at radius 1 is 0.419 bits per heavy atom. The van der Waals surface area contributed by atoms with Crippen molar-refractivity contribution in [2.24, 2.45) is 28.2 Å². The normalized spacial score (nSPS) is 12.8. The second kappa shape index (κ2) is 30.1. The molecule has 1 fully saturated rings. The van der Waals surface area contributed by atoms with Crippen molar-refractivity contribution in [1.29, 1.82) is 0 Å². The Labute approximate surface area is 605 Å². The van der Waals surface area contributed by atoms with Crippen LogP contribution in [-0.4, -0.2) is 98.4 Å². The first-order valence-electron chi connectivity index (χ1n) is 34.3. The highest BCUT2D eigenvalue weighted by Gasteiger charge is 2.27. The van der Waals surface area contributed by atoms with Gasteiger partial charge in [-0.1, -0.05) is 12.1 Å². The Kier molecular flexibility index (Phi) is 20.4. The highest BCUT2D eigenvalue weighted by Crippen LogP contribution is 2.28. The fraction of sp³-hybridized carbons (Fsp3) is 0.222. The molecule has 0 radical (unpaired) electrons. The van der Waals surface area contributed by atoms with E-state index >= 15 is 0 Å². The number of hydrogen-bond acceptors (Lipinski definition) is 14. The summed E-state index contributed by atoms with van der Waals surface area (Å²) in [5.41, 5.74) is 23.9. The van der Waals surface area contributed by atoms with E-state index in [1.54, 1.807) is 83.9 Å². The van der Waals surface area contributed by atoms with Gasteiger partial charge >= 0.3 is 0 Å². The van der Waals surface area contributed by atoms with E-state index in [0.717, 1.165) is 143 Å². The van der Waals surface area contributed by atoms with Crippen LogP contribution in [0.4, 0.5) is 0 Å². The van der Waals surface area contributed by atoms with Gasteiger partial charge in [0.15, 0.2) is 5.03 Å². The van der Waals surface area contributed by atoms with E-state index in [0.29, 0.717) is 30.8 Å². The maximum Gasteiger partial charge on any atom is 0.258 e. The van der Waals surface area contributed by atoms with Crippen LogP contribution in [0.15, 0.2) is 226 Å². The summed E-state index contributed by atoms with van der Waals surface area (Å²) in [6, 6.07) is 37.2. The molecule has 0 spiro atoms. The minimum atomic E-state index is -3.73. The number of nitrogens with one attached hydrogen (secondary N) is 1. The summed E-state index contributed by atoms with van der Waals surface area (Å²) in [5, 5.41) is 0.0767. The lowest BCUT2D eigenvalue weighted by atomic mass is 10.1. The third kappa shape index (κ3) is 15.5. The summed E-state index contributed by atoms with van der Waals surface area (Å²) in [6.45, 7) is 14.3. The molecule has 532 valence electrons. The van der Waals surface area contributed by atoms with Crippen molar-refractivity contribution in [1.82, 2.24) is 75.5 Å². The zero-order chi connectivity index (χ0) is 74.0. The van der Waals surface area contributed by atoms with Gasteiger partial charge in [0.25, 0.3) is 32.3 Å². The number of ether oxygens (including phenoxy) is 1. The molecule has 1 atom stereocenters.